The summed E-state index contributed by atoms with van der Waals surface area (Å²) in [5, 5.41) is 27.0. The van der Waals surface area contributed by atoms with E-state index in [4.69, 9.17) is 0 Å². The molecule has 4 rings (SSSR count). The first-order valence-corrected chi connectivity index (χ1v) is 13.3. The Labute approximate surface area is 213 Å². The molecule has 0 radical (unpaired) electrons. The summed E-state index contributed by atoms with van der Waals surface area (Å²) in [6.07, 6.45) is 17.1. The number of carbonyl (C=O) groups excluding carboxylic acids is 3. The standard InChI is InChI=1S/C29H38N2O5/c1-3-18-15-20-16-19-9-4-7-13-24(34)30-14-8-10-21-28(35)27(29(36)31-21)23(33)12-6-5-11-22(32)26(19)25(20)17(18)2/h4-7,9,11-13,17-22,25-26,32-33H,3,8,10,14-16H2,1-2H3,(H,30,34)(H,31,36)/b9-4-,11-5-,12-6-,13-7-,27-23-/t17-,18-,19-,20+,21-,22-,25+,26-/m0/s1. The summed E-state index contributed by atoms with van der Waals surface area (Å²) in [6.45, 7) is 4.92. The van der Waals surface area contributed by atoms with E-state index in [0.29, 0.717) is 43.1 Å². The van der Waals surface area contributed by atoms with Crippen molar-refractivity contribution in [3.05, 3.63) is 59.9 Å². The average Bonchev–Trinajstić information content (AvgIpc) is 3.45. The van der Waals surface area contributed by atoms with Crippen molar-refractivity contribution < 1.29 is 24.6 Å². The molecule has 2 heterocycles. The Morgan fingerprint density at radius 2 is 1.75 bits per heavy atom. The number of ketones is 1. The molecule has 0 aromatic carbocycles. The molecule has 7 nitrogen and oxygen atoms in total. The highest BCUT2D eigenvalue weighted by Gasteiger charge is 2.52. The lowest BCUT2D eigenvalue weighted by Crippen LogP contribution is -2.31. The third-order valence-electron chi connectivity index (χ3n) is 8.64. The minimum absolute atomic E-state index is 0.0603. The number of carbonyl (C=O) groups is 3. The number of fused-ring (bicyclic) bond motifs is 5. The van der Waals surface area contributed by atoms with E-state index in [2.05, 4.69) is 30.6 Å². The molecular formula is C29H38N2O5. The molecule has 0 aromatic heterocycles. The zero-order valence-corrected chi connectivity index (χ0v) is 21.1. The molecular weight excluding hydrogens is 456 g/mol. The zero-order valence-electron chi connectivity index (χ0n) is 21.1. The third kappa shape index (κ3) is 5.41. The summed E-state index contributed by atoms with van der Waals surface area (Å²) >= 11 is 0. The van der Waals surface area contributed by atoms with E-state index < -0.39 is 23.8 Å². The van der Waals surface area contributed by atoms with Crippen LogP contribution in [0.5, 0.6) is 0 Å². The minimum atomic E-state index is -0.714. The van der Waals surface area contributed by atoms with Crippen LogP contribution in [0.15, 0.2) is 59.9 Å². The maximum Gasteiger partial charge on any atom is 0.259 e. The lowest BCUT2D eigenvalue weighted by Gasteiger charge is -2.30. The van der Waals surface area contributed by atoms with Gasteiger partial charge in [0.1, 0.15) is 11.3 Å². The molecule has 2 saturated carbocycles. The number of hydrogen-bond donors (Lipinski definition) is 4. The molecule has 8 atom stereocenters. The van der Waals surface area contributed by atoms with Crippen LogP contribution >= 0.6 is 0 Å². The summed E-state index contributed by atoms with van der Waals surface area (Å²) < 4.78 is 0. The van der Waals surface area contributed by atoms with E-state index in [0.717, 1.165) is 12.8 Å². The summed E-state index contributed by atoms with van der Waals surface area (Å²) in [5.74, 6) is 0.815. The molecule has 0 unspecified atom stereocenters. The molecule has 0 aromatic rings. The Morgan fingerprint density at radius 3 is 2.53 bits per heavy atom. The lowest BCUT2D eigenvalue weighted by atomic mass is 9.76. The van der Waals surface area contributed by atoms with Gasteiger partial charge in [0.25, 0.3) is 5.91 Å². The van der Waals surface area contributed by atoms with Gasteiger partial charge in [-0.05, 0) is 67.3 Å². The maximum atomic E-state index is 12.6. The van der Waals surface area contributed by atoms with Gasteiger partial charge in [-0.15, -0.1) is 0 Å². The van der Waals surface area contributed by atoms with Crippen LogP contribution in [0.1, 0.15) is 46.0 Å². The van der Waals surface area contributed by atoms with Crippen molar-refractivity contribution in [2.45, 2.75) is 58.1 Å². The van der Waals surface area contributed by atoms with Crippen LogP contribution < -0.4 is 10.6 Å². The van der Waals surface area contributed by atoms with E-state index in [9.17, 15) is 24.6 Å². The molecule has 2 amide bonds. The topological polar surface area (TPSA) is 116 Å². The maximum absolute atomic E-state index is 12.6. The molecule has 4 aliphatic rings. The molecule has 4 N–H and O–H groups in total. The number of Topliss-reactive ketones (excluding diaryl/α,β-unsaturated/α-hetero) is 1. The van der Waals surface area contributed by atoms with Crippen LogP contribution in [0.25, 0.3) is 0 Å². The summed E-state index contributed by atoms with van der Waals surface area (Å²) in [6, 6.07) is -0.714. The van der Waals surface area contributed by atoms with Gasteiger partial charge in [-0.25, -0.2) is 0 Å². The van der Waals surface area contributed by atoms with Crippen LogP contribution in [0.4, 0.5) is 0 Å². The fraction of sp³-hybridized carbons (Fsp3) is 0.552. The highest BCUT2D eigenvalue weighted by molar-refractivity contribution is 6.27. The van der Waals surface area contributed by atoms with E-state index >= 15 is 0 Å². The Bertz CT molecular complexity index is 1020. The molecule has 2 bridgehead atoms. The highest BCUT2D eigenvalue weighted by Crippen LogP contribution is 2.57. The van der Waals surface area contributed by atoms with Crippen molar-refractivity contribution in [2.24, 2.45) is 35.5 Å². The van der Waals surface area contributed by atoms with Crippen molar-refractivity contribution >= 4 is 17.6 Å². The van der Waals surface area contributed by atoms with E-state index in [1.54, 1.807) is 24.3 Å². The van der Waals surface area contributed by atoms with E-state index in [-0.39, 0.29) is 29.1 Å². The van der Waals surface area contributed by atoms with Gasteiger partial charge in [-0.1, -0.05) is 56.7 Å². The Hall–Kier alpha value is -2.93. The first-order chi connectivity index (χ1) is 17.3. The van der Waals surface area contributed by atoms with Crippen LogP contribution in [0.3, 0.4) is 0 Å². The third-order valence-corrected chi connectivity index (χ3v) is 8.64. The van der Waals surface area contributed by atoms with E-state index in [1.807, 2.05) is 6.08 Å². The van der Waals surface area contributed by atoms with E-state index in [1.165, 1.54) is 18.6 Å². The van der Waals surface area contributed by atoms with Crippen molar-refractivity contribution in [1.82, 2.24) is 10.6 Å². The van der Waals surface area contributed by atoms with Crippen molar-refractivity contribution in [2.75, 3.05) is 6.54 Å². The second-order valence-corrected chi connectivity index (χ2v) is 10.6. The van der Waals surface area contributed by atoms with Gasteiger partial charge in [0.15, 0.2) is 5.78 Å². The van der Waals surface area contributed by atoms with Gasteiger partial charge in [-0.2, -0.15) is 0 Å². The number of amides is 2. The Morgan fingerprint density at radius 1 is 1.00 bits per heavy atom. The van der Waals surface area contributed by atoms with Gasteiger partial charge >= 0.3 is 0 Å². The second-order valence-electron chi connectivity index (χ2n) is 10.6. The van der Waals surface area contributed by atoms with Crippen LogP contribution in [-0.2, 0) is 14.4 Å². The number of rotatable bonds is 1. The van der Waals surface area contributed by atoms with Crippen molar-refractivity contribution in [3.8, 4) is 0 Å². The molecule has 7 heteroatoms. The number of allylic oxidation sites excluding steroid dienone is 6. The minimum Gasteiger partial charge on any atom is -0.507 e. The number of hydrogen-bond acceptors (Lipinski definition) is 5. The summed E-state index contributed by atoms with van der Waals surface area (Å²) in [4.78, 5) is 37.1. The van der Waals surface area contributed by atoms with Crippen molar-refractivity contribution in [3.63, 3.8) is 0 Å². The monoisotopic (exact) mass is 494 g/mol. The number of aliphatic hydroxyl groups is 2. The van der Waals surface area contributed by atoms with Gasteiger partial charge < -0.3 is 20.8 Å². The van der Waals surface area contributed by atoms with Gasteiger partial charge in [0.05, 0.1) is 12.1 Å². The fourth-order valence-electron chi connectivity index (χ4n) is 6.93. The largest absolute Gasteiger partial charge is 0.507 e. The van der Waals surface area contributed by atoms with Gasteiger partial charge in [0, 0.05) is 12.6 Å². The molecule has 3 fully saturated rings. The summed E-state index contributed by atoms with van der Waals surface area (Å²) in [5.41, 5.74) is -0.249. The molecule has 0 spiro atoms. The predicted molar refractivity (Wildman–Crippen MR) is 138 cm³/mol. The SMILES string of the molecule is CC[C@H]1C[C@@H]2C[C@@H]3/C=C\C=C/C(=O)NCCC[C@@H]4NC(=O)/C(=C(O)/C=C\C=C/[C@H](O)[C@H]3[C@@H]2[C@H]1C)C4=O. The summed E-state index contributed by atoms with van der Waals surface area (Å²) in [7, 11) is 0. The molecule has 2 aliphatic heterocycles. The normalized spacial score (nSPS) is 43.1. The average molecular weight is 495 g/mol. The fourth-order valence-corrected chi connectivity index (χ4v) is 6.93. The van der Waals surface area contributed by atoms with Crippen LogP contribution in [0, 0.1) is 35.5 Å². The first-order valence-electron chi connectivity index (χ1n) is 13.3. The lowest BCUT2D eigenvalue weighted by molar-refractivity contribution is -0.118. The molecule has 36 heavy (non-hydrogen) atoms. The first kappa shape index (κ1) is 26.1. The molecule has 1 saturated heterocycles. The quantitative estimate of drug-likeness (QED) is 0.418. The van der Waals surface area contributed by atoms with Gasteiger partial charge in [-0.3, -0.25) is 14.4 Å². The number of aliphatic hydroxyl groups excluding tert-OH is 2. The predicted octanol–water partition coefficient (Wildman–Crippen LogP) is 3.30. The Balaban J connectivity index is 1.60. The van der Waals surface area contributed by atoms with Crippen molar-refractivity contribution in [1.29, 1.82) is 0 Å². The Kier molecular flexibility index (Phi) is 8.29. The van der Waals surface area contributed by atoms with Gasteiger partial charge in [0.2, 0.25) is 5.91 Å². The molecule has 2 aliphatic carbocycles. The second kappa shape index (κ2) is 11.4. The molecule has 194 valence electrons. The smallest absolute Gasteiger partial charge is 0.259 e. The van der Waals surface area contributed by atoms with Crippen LogP contribution in [0.2, 0.25) is 0 Å². The van der Waals surface area contributed by atoms with Crippen LogP contribution in [-0.4, -0.2) is 46.5 Å². The number of nitrogens with one attached hydrogen (secondary N) is 2. The zero-order chi connectivity index (χ0) is 25.8. The highest BCUT2D eigenvalue weighted by atomic mass is 16.3.